The molecule has 2 heterocycles. The Morgan fingerprint density at radius 3 is 2.92 bits per heavy atom. The zero-order valence-corrected chi connectivity index (χ0v) is 13.7. The fourth-order valence-electron chi connectivity index (χ4n) is 2.41. The molecule has 0 aliphatic rings. The number of nitrogens with one attached hydrogen (secondary N) is 2. The molecule has 0 unspecified atom stereocenters. The van der Waals surface area contributed by atoms with Crippen LogP contribution in [-0.4, -0.2) is 35.1 Å². The van der Waals surface area contributed by atoms with Gasteiger partial charge in [-0.25, -0.2) is 4.98 Å². The summed E-state index contributed by atoms with van der Waals surface area (Å²) in [6.45, 7) is 0.612. The number of amides is 1. The molecule has 1 aromatic carbocycles. The zero-order valence-electron chi connectivity index (χ0n) is 13.7. The summed E-state index contributed by atoms with van der Waals surface area (Å²) in [5, 5.41) is 3.81. The highest BCUT2D eigenvalue weighted by molar-refractivity contribution is 5.95. The quantitative estimate of drug-likeness (QED) is 0.576. The molecule has 1 amide bonds. The number of para-hydroxylation sites is 1. The molecule has 6 heteroatoms. The number of carbonyl (C=O) groups excluding carboxylic acids is 1. The Morgan fingerprint density at radius 2 is 2.12 bits per heavy atom. The number of nitrogens with zero attached hydrogens (tertiary/aromatic N) is 1. The maximum Gasteiger partial charge on any atom is 0.244 e. The molecule has 2 aromatic heterocycles. The number of hydrogen-bond donors (Lipinski definition) is 3. The molecule has 1 atom stereocenters. The summed E-state index contributed by atoms with van der Waals surface area (Å²) >= 11 is 0. The van der Waals surface area contributed by atoms with Crippen LogP contribution in [0.15, 0.2) is 60.9 Å². The van der Waals surface area contributed by atoms with E-state index in [1.54, 1.807) is 12.3 Å². The van der Waals surface area contributed by atoms with Gasteiger partial charge in [0.25, 0.3) is 0 Å². The van der Waals surface area contributed by atoms with Gasteiger partial charge < -0.3 is 20.8 Å². The third-order valence-electron chi connectivity index (χ3n) is 3.72. The number of carbonyl (C=O) groups is 1. The highest BCUT2D eigenvalue weighted by atomic mass is 16.5. The molecule has 0 spiro atoms. The molecular formula is C19H20N4O2. The van der Waals surface area contributed by atoms with Crippen molar-refractivity contribution < 1.29 is 9.53 Å². The summed E-state index contributed by atoms with van der Waals surface area (Å²) in [5.41, 5.74) is 7.41. The standard InChI is InChI=1S/C19H20N4O2/c20-11-15(13-25-16-5-2-1-3-6-16)23-18(24)9-8-14-12-22-19-17(14)7-4-10-21-19/h1-10,12,15H,11,13,20H2,(H,21,22)(H,23,24)/t15-/m1/s1. The Bertz CT molecular complexity index is 858. The monoisotopic (exact) mass is 336 g/mol. The first-order chi connectivity index (χ1) is 12.3. The first kappa shape index (κ1) is 16.7. The second-order valence-electron chi connectivity index (χ2n) is 5.54. The van der Waals surface area contributed by atoms with E-state index in [0.29, 0.717) is 13.2 Å². The predicted octanol–water partition coefficient (Wildman–Crippen LogP) is 2.10. The van der Waals surface area contributed by atoms with E-state index in [-0.39, 0.29) is 11.9 Å². The van der Waals surface area contributed by atoms with Crippen molar-refractivity contribution in [1.29, 1.82) is 0 Å². The second-order valence-corrected chi connectivity index (χ2v) is 5.54. The molecule has 3 rings (SSSR count). The Kier molecular flexibility index (Phi) is 5.43. The third-order valence-corrected chi connectivity index (χ3v) is 3.72. The molecule has 4 N–H and O–H groups in total. The lowest BCUT2D eigenvalue weighted by Crippen LogP contribution is -2.43. The van der Waals surface area contributed by atoms with Crippen LogP contribution in [0.2, 0.25) is 0 Å². The van der Waals surface area contributed by atoms with Crippen LogP contribution in [0, 0.1) is 0 Å². The normalized spacial score (nSPS) is 12.4. The van der Waals surface area contributed by atoms with Gasteiger partial charge in [0.05, 0.1) is 6.04 Å². The van der Waals surface area contributed by atoms with Crippen molar-refractivity contribution >= 4 is 23.0 Å². The summed E-state index contributed by atoms with van der Waals surface area (Å²) in [4.78, 5) is 19.4. The molecule has 6 nitrogen and oxygen atoms in total. The highest BCUT2D eigenvalue weighted by Gasteiger charge is 2.10. The van der Waals surface area contributed by atoms with Gasteiger partial charge in [0.2, 0.25) is 5.91 Å². The van der Waals surface area contributed by atoms with Gasteiger partial charge in [-0.05, 0) is 30.3 Å². The minimum Gasteiger partial charge on any atom is -0.491 e. The number of hydrogen-bond acceptors (Lipinski definition) is 4. The van der Waals surface area contributed by atoms with E-state index in [0.717, 1.165) is 22.3 Å². The van der Waals surface area contributed by atoms with Gasteiger partial charge in [0, 0.05) is 36.0 Å². The van der Waals surface area contributed by atoms with Crippen molar-refractivity contribution in [1.82, 2.24) is 15.3 Å². The van der Waals surface area contributed by atoms with Crippen molar-refractivity contribution in [3.63, 3.8) is 0 Å². The molecular weight excluding hydrogens is 316 g/mol. The number of aromatic amines is 1. The van der Waals surface area contributed by atoms with Crippen LogP contribution in [0.25, 0.3) is 17.1 Å². The topological polar surface area (TPSA) is 93.0 Å². The molecule has 0 saturated carbocycles. The maximum atomic E-state index is 12.1. The van der Waals surface area contributed by atoms with E-state index in [4.69, 9.17) is 10.5 Å². The number of aromatic nitrogens is 2. The van der Waals surface area contributed by atoms with Crippen LogP contribution < -0.4 is 15.8 Å². The molecule has 3 aromatic rings. The highest BCUT2D eigenvalue weighted by Crippen LogP contribution is 2.16. The first-order valence-corrected chi connectivity index (χ1v) is 8.05. The number of ether oxygens (including phenoxy) is 1. The number of benzene rings is 1. The average molecular weight is 336 g/mol. The summed E-state index contributed by atoms with van der Waals surface area (Å²) in [6.07, 6.45) is 6.78. The van der Waals surface area contributed by atoms with E-state index in [2.05, 4.69) is 15.3 Å². The van der Waals surface area contributed by atoms with Crippen molar-refractivity contribution in [2.75, 3.05) is 13.2 Å². The Balaban J connectivity index is 1.56. The van der Waals surface area contributed by atoms with E-state index in [1.807, 2.05) is 48.7 Å². The van der Waals surface area contributed by atoms with E-state index in [1.165, 1.54) is 6.08 Å². The van der Waals surface area contributed by atoms with Crippen LogP contribution in [0.4, 0.5) is 0 Å². The van der Waals surface area contributed by atoms with Gasteiger partial charge >= 0.3 is 0 Å². The largest absolute Gasteiger partial charge is 0.491 e. The number of fused-ring (bicyclic) bond motifs is 1. The van der Waals surface area contributed by atoms with Crippen molar-refractivity contribution in [2.45, 2.75) is 6.04 Å². The fourth-order valence-corrected chi connectivity index (χ4v) is 2.41. The number of nitrogens with two attached hydrogens (primary N) is 1. The third kappa shape index (κ3) is 4.45. The van der Waals surface area contributed by atoms with Crippen molar-refractivity contribution in [3.05, 3.63) is 66.5 Å². The van der Waals surface area contributed by atoms with Gasteiger partial charge in [0.1, 0.15) is 18.0 Å². The Hall–Kier alpha value is -3.12. The molecule has 0 saturated heterocycles. The van der Waals surface area contributed by atoms with Crippen molar-refractivity contribution in [2.24, 2.45) is 5.73 Å². The predicted molar refractivity (Wildman–Crippen MR) is 98.0 cm³/mol. The Labute approximate surface area is 145 Å². The molecule has 0 fully saturated rings. The minimum absolute atomic E-state index is 0.217. The van der Waals surface area contributed by atoms with Gasteiger partial charge in [-0.1, -0.05) is 18.2 Å². The lowest BCUT2D eigenvalue weighted by molar-refractivity contribution is -0.117. The summed E-state index contributed by atoms with van der Waals surface area (Å²) in [5.74, 6) is 0.530. The average Bonchev–Trinajstić information content (AvgIpc) is 3.07. The van der Waals surface area contributed by atoms with Gasteiger partial charge in [-0.3, -0.25) is 4.79 Å². The molecule has 25 heavy (non-hydrogen) atoms. The van der Waals surface area contributed by atoms with Crippen LogP contribution in [0.5, 0.6) is 5.75 Å². The second kappa shape index (κ2) is 8.12. The van der Waals surface area contributed by atoms with Gasteiger partial charge in [-0.15, -0.1) is 0 Å². The van der Waals surface area contributed by atoms with Gasteiger partial charge in [0.15, 0.2) is 0 Å². The summed E-state index contributed by atoms with van der Waals surface area (Å²) in [6, 6.07) is 13.0. The number of rotatable bonds is 7. The van der Waals surface area contributed by atoms with Crippen LogP contribution in [0.3, 0.4) is 0 Å². The van der Waals surface area contributed by atoms with Crippen LogP contribution >= 0.6 is 0 Å². The van der Waals surface area contributed by atoms with Crippen molar-refractivity contribution in [3.8, 4) is 5.75 Å². The molecule has 0 aliphatic heterocycles. The number of pyridine rings is 1. The zero-order chi connectivity index (χ0) is 17.5. The maximum absolute atomic E-state index is 12.1. The summed E-state index contributed by atoms with van der Waals surface area (Å²) < 4.78 is 5.64. The Morgan fingerprint density at radius 1 is 1.28 bits per heavy atom. The van der Waals surface area contributed by atoms with E-state index >= 15 is 0 Å². The molecule has 0 radical (unpaired) electrons. The van der Waals surface area contributed by atoms with Gasteiger partial charge in [-0.2, -0.15) is 0 Å². The number of H-pyrrole nitrogens is 1. The molecule has 0 bridgehead atoms. The van der Waals surface area contributed by atoms with E-state index in [9.17, 15) is 4.79 Å². The molecule has 0 aliphatic carbocycles. The minimum atomic E-state index is -0.262. The molecule has 128 valence electrons. The lowest BCUT2D eigenvalue weighted by atomic mass is 10.2. The van der Waals surface area contributed by atoms with Crippen LogP contribution in [-0.2, 0) is 4.79 Å². The summed E-state index contributed by atoms with van der Waals surface area (Å²) in [7, 11) is 0. The SMILES string of the molecule is NC[C@H](COc1ccccc1)NC(=O)C=Cc1c[nH]c2ncccc12. The fraction of sp³-hybridized carbons (Fsp3) is 0.158. The van der Waals surface area contributed by atoms with E-state index < -0.39 is 0 Å². The smallest absolute Gasteiger partial charge is 0.244 e. The first-order valence-electron chi connectivity index (χ1n) is 8.05. The lowest BCUT2D eigenvalue weighted by Gasteiger charge is -2.16. The van der Waals surface area contributed by atoms with Crippen LogP contribution in [0.1, 0.15) is 5.56 Å².